The molecule has 1 unspecified atom stereocenters. The highest BCUT2D eigenvalue weighted by Crippen LogP contribution is 2.34. The summed E-state index contributed by atoms with van der Waals surface area (Å²) in [7, 11) is 0. The Morgan fingerprint density at radius 2 is 1.88 bits per heavy atom. The zero-order valence-corrected chi connectivity index (χ0v) is 12.6. The smallest absolute Gasteiger partial charge is 0.0721 e. The van der Waals surface area contributed by atoms with Gasteiger partial charge in [-0.3, -0.25) is 0 Å². The Kier molecular flexibility index (Phi) is 5.95. The highest BCUT2D eigenvalue weighted by atomic mass is 79.9. The molecule has 0 aliphatic rings. The van der Waals surface area contributed by atoms with Crippen LogP contribution in [0.15, 0.2) is 16.6 Å². The number of halogens is 3. The molecule has 0 amide bonds. The summed E-state index contributed by atoms with van der Waals surface area (Å²) in [4.78, 5) is 0. The maximum Gasteiger partial charge on any atom is 0.0721 e. The van der Waals surface area contributed by atoms with Crippen LogP contribution in [0.2, 0.25) is 10.0 Å². The van der Waals surface area contributed by atoms with Crippen LogP contribution in [0.3, 0.4) is 0 Å². The van der Waals surface area contributed by atoms with Gasteiger partial charge in [-0.1, -0.05) is 58.9 Å². The number of rotatable bonds is 5. The van der Waals surface area contributed by atoms with Crippen LogP contribution in [0, 0.1) is 0 Å². The van der Waals surface area contributed by atoms with Crippen molar-refractivity contribution >= 4 is 44.8 Å². The fraction of sp³-hybridized carbons (Fsp3) is 0.500. The van der Waals surface area contributed by atoms with Gasteiger partial charge in [0.05, 0.1) is 15.7 Å². The topological polar surface area (TPSA) is 12.0 Å². The van der Waals surface area contributed by atoms with Crippen molar-refractivity contribution in [3.05, 3.63) is 26.7 Å². The molecule has 1 aromatic rings. The average Bonchev–Trinajstić information content (AvgIpc) is 2.20. The van der Waals surface area contributed by atoms with E-state index in [0.29, 0.717) is 16.1 Å². The van der Waals surface area contributed by atoms with Crippen LogP contribution < -0.4 is 5.32 Å². The number of unbranched alkanes of at least 4 members (excludes halogenated alkanes) is 1. The second-order valence-corrected chi connectivity index (χ2v) is 5.66. The molecule has 1 rings (SSSR count). The molecule has 4 heteroatoms. The van der Waals surface area contributed by atoms with E-state index >= 15 is 0 Å². The summed E-state index contributed by atoms with van der Waals surface area (Å²) in [6.45, 7) is 4.33. The lowest BCUT2D eigenvalue weighted by atomic mass is 10.1. The van der Waals surface area contributed by atoms with Crippen molar-refractivity contribution in [1.29, 1.82) is 0 Å². The maximum atomic E-state index is 6.14. The van der Waals surface area contributed by atoms with Crippen LogP contribution in [-0.4, -0.2) is 6.04 Å². The van der Waals surface area contributed by atoms with Gasteiger partial charge in [0.15, 0.2) is 0 Å². The summed E-state index contributed by atoms with van der Waals surface area (Å²) >= 11 is 15.6. The van der Waals surface area contributed by atoms with E-state index in [2.05, 4.69) is 35.1 Å². The molecule has 0 spiro atoms. The van der Waals surface area contributed by atoms with Crippen molar-refractivity contribution in [3.8, 4) is 0 Å². The SMILES string of the molecule is CCCCC(C)Nc1c(Cl)cc(Br)cc1Cl. The van der Waals surface area contributed by atoms with E-state index in [1.54, 1.807) is 0 Å². The Morgan fingerprint density at radius 1 is 1.31 bits per heavy atom. The molecule has 0 fully saturated rings. The number of hydrogen-bond acceptors (Lipinski definition) is 1. The normalized spacial score (nSPS) is 12.6. The van der Waals surface area contributed by atoms with Crippen molar-refractivity contribution in [2.45, 2.75) is 39.2 Å². The predicted molar refractivity (Wildman–Crippen MR) is 76.8 cm³/mol. The molecular weight excluding hydrogens is 309 g/mol. The zero-order chi connectivity index (χ0) is 12.1. The molecule has 0 saturated heterocycles. The van der Waals surface area contributed by atoms with E-state index in [4.69, 9.17) is 23.2 Å². The molecule has 1 aromatic carbocycles. The number of nitrogens with one attached hydrogen (secondary N) is 1. The number of benzene rings is 1. The van der Waals surface area contributed by atoms with E-state index in [1.165, 1.54) is 12.8 Å². The minimum absolute atomic E-state index is 0.385. The molecule has 0 radical (unpaired) electrons. The first kappa shape index (κ1) is 14.1. The summed E-state index contributed by atoms with van der Waals surface area (Å²) in [6.07, 6.45) is 3.53. The van der Waals surface area contributed by atoms with E-state index in [-0.39, 0.29) is 0 Å². The van der Waals surface area contributed by atoms with Crippen molar-refractivity contribution in [1.82, 2.24) is 0 Å². The lowest BCUT2D eigenvalue weighted by Crippen LogP contribution is -2.15. The van der Waals surface area contributed by atoms with Crippen molar-refractivity contribution < 1.29 is 0 Å². The molecule has 1 nitrogen and oxygen atoms in total. The molecule has 0 aliphatic carbocycles. The molecule has 90 valence electrons. The lowest BCUT2D eigenvalue weighted by Gasteiger charge is -2.17. The van der Waals surface area contributed by atoms with Gasteiger partial charge in [0.25, 0.3) is 0 Å². The van der Waals surface area contributed by atoms with E-state index in [9.17, 15) is 0 Å². The van der Waals surface area contributed by atoms with Crippen LogP contribution >= 0.6 is 39.1 Å². The molecule has 1 N–H and O–H groups in total. The Labute approximate surface area is 116 Å². The van der Waals surface area contributed by atoms with Crippen LogP contribution in [0.25, 0.3) is 0 Å². The zero-order valence-electron chi connectivity index (χ0n) is 9.49. The van der Waals surface area contributed by atoms with Crippen molar-refractivity contribution in [2.75, 3.05) is 5.32 Å². The van der Waals surface area contributed by atoms with Gasteiger partial charge in [0.2, 0.25) is 0 Å². The first-order valence-corrected chi connectivity index (χ1v) is 7.00. The Hall–Kier alpha value is 0.0800. The third-order valence-electron chi connectivity index (χ3n) is 2.39. The number of anilines is 1. The summed E-state index contributed by atoms with van der Waals surface area (Å²) in [5.74, 6) is 0. The first-order chi connectivity index (χ1) is 7.54. The van der Waals surface area contributed by atoms with Gasteiger partial charge in [-0.2, -0.15) is 0 Å². The largest absolute Gasteiger partial charge is 0.380 e. The molecule has 1 atom stereocenters. The third-order valence-corrected chi connectivity index (χ3v) is 3.44. The lowest BCUT2D eigenvalue weighted by molar-refractivity contribution is 0.645. The van der Waals surface area contributed by atoms with Gasteiger partial charge < -0.3 is 5.32 Å². The van der Waals surface area contributed by atoms with E-state index in [0.717, 1.165) is 16.6 Å². The average molecular weight is 325 g/mol. The highest BCUT2D eigenvalue weighted by Gasteiger charge is 2.10. The molecule has 16 heavy (non-hydrogen) atoms. The molecule has 0 bridgehead atoms. The molecule has 0 heterocycles. The van der Waals surface area contributed by atoms with Crippen LogP contribution in [0.4, 0.5) is 5.69 Å². The Morgan fingerprint density at radius 3 is 2.38 bits per heavy atom. The molecule has 0 aliphatic heterocycles. The van der Waals surface area contributed by atoms with Gasteiger partial charge in [-0.15, -0.1) is 0 Å². The summed E-state index contributed by atoms with van der Waals surface area (Å²) in [6, 6.07) is 4.08. The van der Waals surface area contributed by atoms with Crippen LogP contribution in [0.5, 0.6) is 0 Å². The predicted octanol–water partition coefficient (Wildman–Crippen LogP) is 5.75. The first-order valence-electron chi connectivity index (χ1n) is 5.45. The highest BCUT2D eigenvalue weighted by molar-refractivity contribution is 9.10. The Balaban J connectivity index is 2.73. The molecular formula is C12H16BrCl2N. The van der Waals surface area contributed by atoms with Gasteiger partial charge in [0, 0.05) is 10.5 Å². The van der Waals surface area contributed by atoms with Gasteiger partial charge >= 0.3 is 0 Å². The quantitative estimate of drug-likeness (QED) is 0.727. The van der Waals surface area contributed by atoms with Crippen LogP contribution in [0.1, 0.15) is 33.1 Å². The number of hydrogen-bond donors (Lipinski definition) is 1. The standard InChI is InChI=1S/C12H16BrCl2N/c1-3-4-5-8(2)16-12-10(14)6-9(13)7-11(12)15/h6-8,16H,3-5H2,1-2H3. The Bertz CT molecular complexity index is 332. The summed E-state index contributed by atoms with van der Waals surface area (Å²) < 4.78 is 0.897. The van der Waals surface area contributed by atoms with Gasteiger partial charge in [0.1, 0.15) is 0 Å². The molecule has 0 aromatic heterocycles. The van der Waals surface area contributed by atoms with E-state index in [1.807, 2.05) is 12.1 Å². The minimum Gasteiger partial charge on any atom is -0.380 e. The molecule has 0 saturated carbocycles. The second-order valence-electron chi connectivity index (χ2n) is 3.93. The van der Waals surface area contributed by atoms with E-state index < -0.39 is 0 Å². The third kappa shape index (κ3) is 4.15. The monoisotopic (exact) mass is 323 g/mol. The maximum absolute atomic E-state index is 6.14. The fourth-order valence-electron chi connectivity index (χ4n) is 1.51. The van der Waals surface area contributed by atoms with Gasteiger partial charge in [-0.05, 0) is 25.5 Å². The second kappa shape index (κ2) is 6.73. The fourth-order valence-corrected chi connectivity index (χ4v) is 2.83. The van der Waals surface area contributed by atoms with Crippen LogP contribution in [-0.2, 0) is 0 Å². The van der Waals surface area contributed by atoms with Gasteiger partial charge in [-0.25, -0.2) is 0 Å². The summed E-state index contributed by atoms with van der Waals surface area (Å²) in [5.41, 5.74) is 0.829. The minimum atomic E-state index is 0.385. The summed E-state index contributed by atoms with van der Waals surface area (Å²) in [5, 5.41) is 4.67. The van der Waals surface area contributed by atoms with Crippen molar-refractivity contribution in [2.24, 2.45) is 0 Å². The van der Waals surface area contributed by atoms with Crippen molar-refractivity contribution in [3.63, 3.8) is 0 Å².